The third-order valence-electron chi connectivity index (χ3n) is 2.97. The van der Waals surface area contributed by atoms with Crippen LogP contribution in [0, 0.1) is 17.1 Å². The normalized spacial score (nSPS) is 10.2. The van der Waals surface area contributed by atoms with Crippen LogP contribution in [0.15, 0.2) is 36.4 Å². The molecule has 0 aliphatic carbocycles. The SMILES string of the molecule is CNCc1cccc(Cl)c1OCc1ccc(C#N)cc1F. The fourth-order valence-corrected chi connectivity index (χ4v) is 2.18. The number of halogens is 2. The molecule has 0 heterocycles. The Morgan fingerprint density at radius 1 is 1.29 bits per heavy atom. The van der Waals surface area contributed by atoms with Gasteiger partial charge in [-0.3, -0.25) is 0 Å². The zero-order valence-corrected chi connectivity index (χ0v) is 12.2. The lowest BCUT2D eigenvalue weighted by Gasteiger charge is -2.13. The van der Waals surface area contributed by atoms with Gasteiger partial charge in [0, 0.05) is 17.7 Å². The number of nitrogens with one attached hydrogen (secondary N) is 1. The zero-order chi connectivity index (χ0) is 15.2. The minimum absolute atomic E-state index is 0.0536. The number of ether oxygens (including phenoxy) is 1. The van der Waals surface area contributed by atoms with Crippen molar-refractivity contribution < 1.29 is 9.13 Å². The van der Waals surface area contributed by atoms with Crippen LogP contribution < -0.4 is 10.1 Å². The molecule has 0 amide bonds. The van der Waals surface area contributed by atoms with Crippen molar-refractivity contribution in [3.8, 4) is 11.8 Å². The second-order valence-electron chi connectivity index (χ2n) is 4.47. The Hall–Kier alpha value is -2.09. The van der Waals surface area contributed by atoms with Crippen LogP contribution in [0.4, 0.5) is 4.39 Å². The average molecular weight is 305 g/mol. The summed E-state index contributed by atoms with van der Waals surface area (Å²) < 4.78 is 19.5. The van der Waals surface area contributed by atoms with Gasteiger partial charge in [0.25, 0.3) is 0 Å². The fourth-order valence-electron chi connectivity index (χ4n) is 1.93. The maximum absolute atomic E-state index is 13.8. The fraction of sp³-hybridized carbons (Fsp3) is 0.188. The summed E-state index contributed by atoms with van der Waals surface area (Å²) in [6, 6.07) is 11.7. The van der Waals surface area contributed by atoms with E-state index in [-0.39, 0.29) is 12.2 Å². The average Bonchev–Trinajstić information content (AvgIpc) is 2.48. The molecule has 5 heteroatoms. The highest BCUT2D eigenvalue weighted by molar-refractivity contribution is 6.32. The molecular weight excluding hydrogens is 291 g/mol. The molecule has 0 saturated heterocycles. The monoisotopic (exact) mass is 304 g/mol. The van der Waals surface area contributed by atoms with E-state index in [1.165, 1.54) is 6.07 Å². The van der Waals surface area contributed by atoms with Gasteiger partial charge in [0.15, 0.2) is 0 Å². The van der Waals surface area contributed by atoms with Gasteiger partial charge < -0.3 is 10.1 Å². The van der Waals surface area contributed by atoms with Crippen molar-refractivity contribution in [1.29, 1.82) is 5.26 Å². The predicted molar refractivity (Wildman–Crippen MR) is 79.7 cm³/mol. The van der Waals surface area contributed by atoms with Crippen molar-refractivity contribution in [3.63, 3.8) is 0 Å². The molecule has 3 nitrogen and oxygen atoms in total. The lowest BCUT2D eigenvalue weighted by molar-refractivity contribution is 0.296. The highest BCUT2D eigenvalue weighted by Gasteiger charge is 2.10. The molecule has 0 unspecified atom stereocenters. The van der Waals surface area contributed by atoms with Gasteiger partial charge in [0.05, 0.1) is 16.7 Å². The lowest BCUT2D eigenvalue weighted by Crippen LogP contribution is -2.08. The number of rotatable bonds is 5. The Morgan fingerprint density at radius 2 is 2.10 bits per heavy atom. The molecule has 0 aliphatic heterocycles. The quantitative estimate of drug-likeness (QED) is 0.917. The van der Waals surface area contributed by atoms with Gasteiger partial charge in [0.2, 0.25) is 0 Å². The van der Waals surface area contributed by atoms with Gasteiger partial charge >= 0.3 is 0 Å². The van der Waals surface area contributed by atoms with E-state index < -0.39 is 5.82 Å². The summed E-state index contributed by atoms with van der Waals surface area (Å²) in [6.45, 7) is 0.656. The van der Waals surface area contributed by atoms with Crippen molar-refractivity contribution in [1.82, 2.24) is 5.32 Å². The van der Waals surface area contributed by atoms with Gasteiger partial charge in [-0.2, -0.15) is 5.26 Å². The predicted octanol–water partition coefficient (Wildman–Crippen LogP) is 3.65. The molecule has 2 aromatic rings. The Balaban J connectivity index is 2.19. The molecule has 0 spiro atoms. The summed E-state index contributed by atoms with van der Waals surface area (Å²) in [5, 5.41) is 12.2. The molecule has 0 aliphatic rings. The Labute approximate surface area is 127 Å². The molecule has 0 fully saturated rings. The van der Waals surface area contributed by atoms with Gasteiger partial charge in [0.1, 0.15) is 18.2 Å². The van der Waals surface area contributed by atoms with Crippen LogP contribution >= 0.6 is 11.6 Å². The molecule has 1 N–H and O–H groups in total. The van der Waals surface area contributed by atoms with Crippen molar-refractivity contribution in [2.24, 2.45) is 0 Å². The standard InChI is InChI=1S/C16H14ClFN2O/c1-20-9-12-3-2-4-14(17)16(12)21-10-13-6-5-11(8-19)7-15(13)18/h2-7,20H,9-10H2,1H3. The van der Waals surface area contributed by atoms with E-state index in [1.54, 1.807) is 18.2 Å². The molecule has 2 rings (SSSR count). The molecule has 0 saturated carbocycles. The van der Waals surface area contributed by atoms with Crippen molar-refractivity contribution >= 4 is 11.6 Å². The number of hydrogen-bond acceptors (Lipinski definition) is 3. The van der Waals surface area contributed by atoms with E-state index >= 15 is 0 Å². The van der Waals surface area contributed by atoms with Gasteiger partial charge in [-0.05, 0) is 25.2 Å². The number of hydrogen-bond donors (Lipinski definition) is 1. The summed E-state index contributed by atoms with van der Waals surface area (Å²) in [4.78, 5) is 0. The van der Waals surface area contributed by atoms with Gasteiger partial charge in [-0.25, -0.2) is 4.39 Å². The number of nitriles is 1. The van der Waals surface area contributed by atoms with E-state index in [4.69, 9.17) is 21.6 Å². The van der Waals surface area contributed by atoms with Crippen LogP contribution in [-0.4, -0.2) is 7.05 Å². The smallest absolute Gasteiger partial charge is 0.142 e. The van der Waals surface area contributed by atoms with Crippen LogP contribution in [0.2, 0.25) is 5.02 Å². The van der Waals surface area contributed by atoms with Crippen LogP contribution in [0.1, 0.15) is 16.7 Å². The maximum atomic E-state index is 13.8. The topological polar surface area (TPSA) is 45.0 Å². The molecule has 0 bridgehead atoms. The van der Waals surface area contributed by atoms with Crippen LogP contribution in [0.5, 0.6) is 5.75 Å². The summed E-state index contributed by atoms with van der Waals surface area (Å²) in [7, 11) is 1.82. The first-order chi connectivity index (χ1) is 10.2. The van der Waals surface area contributed by atoms with Crippen LogP contribution in [0.3, 0.4) is 0 Å². The molecule has 0 radical (unpaired) electrons. The van der Waals surface area contributed by atoms with Gasteiger partial charge in [-0.1, -0.05) is 29.8 Å². The van der Waals surface area contributed by atoms with Crippen molar-refractivity contribution in [2.75, 3.05) is 7.05 Å². The van der Waals surface area contributed by atoms with Crippen LogP contribution in [0.25, 0.3) is 0 Å². The van der Waals surface area contributed by atoms with E-state index in [0.717, 1.165) is 5.56 Å². The molecular formula is C16H14ClFN2O. The minimum atomic E-state index is -0.462. The Morgan fingerprint density at radius 3 is 2.76 bits per heavy atom. The number of para-hydroxylation sites is 1. The highest BCUT2D eigenvalue weighted by Crippen LogP contribution is 2.29. The largest absolute Gasteiger partial charge is 0.487 e. The lowest BCUT2D eigenvalue weighted by atomic mass is 10.1. The third-order valence-corrected chi connectivity index (χ3v) is 3.27. The highest BCUT2D eigenvalue weighted by atomic mass is 35.5. The second-order valence-corrected chi connectivity index (χ2v) is 4.87. The van der Waals surface area contributed by atoms with Crippen LogP contribution in [-0.2, 0) is 13.2 Å². The van der Waals surface area contributed by atoms with E-state index in [1.807, 2.05) is 25.2 Å². The summed E-state index contributed by atoms with van der Waals surface area (Å²) in [6.07, 6.45) is 0. The molecule has 2 aromatic carbocycles. The Bertz CT molecular complexity index is 682. The van der Waals surface area contributed by atoms with Crippen molar-refractivity contribution in [3.05, 3.63) is 63.9 Å². The molecule has 108 valence electrons. The van der Waals surface area contributed by atoms with E-state index in [9.17, 15) is 4.39 Å². The first kappa shape index (κ1) is 15.3. The summed E-state index contributed by atoms with van der Waals surface area (Å²) in [5.74, 6) is 0.0774. The number of nitrogens with zero attached hydrogens (tertiary/aromatic N) is 1. The zero-order valence-electron chi connectivity index (χ0n) is 11.5. The molecule has 21 heavy (non-hydrogen) atoms. The first-order valence-electron chi connectivity index (χ1n) is 6.39. The number of benzene rings is 2. The second kappa shape index (κ2) is 7.07. The third kappa shape index (κ3) is 3.72. The summed E-state index contributed by atoms with van der Waals surface area (Å²) >= 11 is 6.13. The van der Waals surface area contributed by atoms with Crippen molar-refractivity contribution in [2.45, 2.75) is 13.2 Å². The molecule has 0 aromatic heterocycles. The minimum Gasteiger partial charge on any atom is -0.487 e. The summed E-state index contributed by atoms with van der Waals surface area (Å²) in [5.41, 5.74) is 1.56. The molecule has 0 atom stereocenters. The Kier molecular flexibility index (Phi) is 5.15. The maximum Gasteiger partial charge on any atom is 0.142 e. The van der Waals surface area contributed by atoms with Gasteiger partial charge in [-0.15, -0.1) is 0 Å². The van der Waals surface area contributed by atoms with E-state index in [2.05, 4.69) is 5.32 Å². The first-order valence-corrected chi connectivity index (χ1v) is 6.77. The van der Waals surface area contributed by atoms with E-state index in [0.29, 0.717) is 22.9 Å².